The highest BCUT2D eigenvalue weighted by Gasteiger charge is 2.28. The average Bonchev–Trinajstić information content (AvgIpc) is 3.01. The first kappa shape index (κ1) is 16.8. The highest BCUT2D eigenvalue weighted by Crippen LogP contribution is 2.42. The van der Waals surface area contributed by atoms with E-state index < -0.39 is 0 Å². The molecule has 1 aliphatic rings. The second kappa shape index (κ2) is 6.91. The molecule has 0 saturated heterocycles. The molecule has 3 aromatic rings. The maximum absolute atomic E-state index is 6.34. The Morgan fingerprint density at radius 1 is 1.20 bits per heavy atom. The van der Waals surface area contributed by atoms with Gasteiger partial charge in [0.15, 0.2) is 0 Å². The quantitative estimate of drug-likeness (QED) is 0.597. The predicted molar refractivity (Wildman–Crippen MR) is 107 cm³/mol. The van der Waals surface area contributed by atoms with Gasteiger partial charge in [0.05, 0.1) is 4.34 Å². The van der Waals surface area contributed by atoms with Crippen LogP contribution >= 0.6 is 22.9 Å². The summed E-state index contributed by atoms with van der Waals surface area (Å²) in [5, 5.41) is 0. The van der Waals surface area contributed by atoms with Crippen LogP contribution in [0.5, 0.6) is 0 Å². The van der Waals surface area contributed by atoms with Crippen molar-refractivity contribution in [3.8, 4) is 11.1 Å². The van der Waals surface area contributed by atoms with Crippen molar-refractivity contribution in [1.29, 1.82) is 0 Å². The van der Waals surface area contributed by atoms with Gasteiger partial charge in [-0.15, -0.1) is 11.3 Å². The number of aryl methyl sites for hydroxylation is 1. The van der Waals surface area contributed by atoms with Crippen LogP contribution in [-0.2, 0) is 13.0 Å². The van der Waals surface area contributed by atoms with Gasteiger partial charge in [-0.2, -0.15) is 0 Å². The Morgan fingerprint density at radius 3 is 2.88 bits per heavy atom. The van der Waals surface area contributed by atoms with Gasteiger partial charge in [-0.3, -0.25) is 4.98 Å². The third-order valence-corrected chi connectivity index (χ3v) is 6.21. The summed E-state index contributed by atoms with van der Waals surface area (Å²) in [5.74, 6) is 0.346. The van der Waals surface area contributed by atoms with E-state index in [1.54, 1.807) is 11.3 Å². The summed E-state index contributed by atoms with van der Waals surface area (Å²) in [4.78, 5) is 8.23. The van der Waals surface area contributed by atoms with Crippen LogP contribution in [0.2, 0.25) is 4.34 Å². The molecular weight excluding hydrogens is 348 g/mol. The fraction of sp³-hybridized carbons (Fsp3) is 0.286. The molecule has 0 bridgehead atoms. The number of hydrogen-bond acceptors (Lipinski definition) is 3. The van der Waals surface area contributed by atoms with E-state index in [1.165, 1.54) is 32.7 Å². The second-order valence-electron chi connectivity index (χ2n) is 6.70. The zero-order chi connectivity index (χ0) is 17.4. The molecule has 2 aromatic heterocycles. The van der Waals surface area contributed by atoms with E-state index in [2.05, 4.69) is 60.3 Å². The first-order valence-electron chi connectivity index (χ1n) is 8.65. The topological polar surface area (TPSA) is 16.1 Å². The van der Waals surface area contributed by atoms with Crippen LogP contribution in [0, 0.1) is 0 Å². The number of halogens is 1. The molecule has 1 aliphatic heterocycles. The van der Waals surface area contributed by atoms with Crippen molar-refractivity contribution in [3.05, 3.63) is 74.7 Å². The number of pyridine rings is 1. The van der Waals surface area contributed by atoms with Crippen LogP contribution in [0.25, 0.3) is 11.1 Å². The second-order valence-corrected chi connectivity index (χ2v) is 8.47. The summed E-state index contributed by atoms with van der Waals surface area (Å²) in [6, 6.07) is 13.2. The Bertz CT molecular complexity index is 902. The van der Waals surface area contributed by atoms with Crippen LogP contribution in [0.3, 0.4) is 0 Å². The number of likely N-dealkylation sites (N-methyl/N-ethyl adjacent to an activating group) is 1. The minimum atomic E-state index is 0.346. The van der Waals surface area contributed by atoms with Crippen molar-refractivity contribution in [1.82, 2.24) is 9.88 Å². The molecule has 0 aliphatic carbocycles. The van der Waals surface area contributed by atoms with E-state index in [0.717, 1.165) is 23.8 Å². The maximum atomic E-state index is 6.34. The van der Waals surface area contributed by atoms with Gasteiger partial charge in [0, 0.05) is 41.8 Å². The smallest absolute Gasteiger partial charge is 0.0934 e. The molecule has 0 spiro atoms. The summed E-state index contributed by atoms with van der Waals surface area (Å²) >= 11 is 8.05. The normalized spacial score (nSPS) is 17.5. The van der Waals surface area contributed by atoms with Crippen molar-refractivity contribution >= 4 is 22.9 Å². The zero-order valence-electron chi connectivity index (χ0n) is 14.5. The van der Waals surface area contributed by atoms with Gasteiger partial charge < -0.3 is 4.90 Å². The van der Waals surface area contributed by atoms with E-state index in [-0.39, 0.29) is 0 Å². The molecule has 0 saturated carbocycles. The van der Waals surface area contributed by atoms with Crippen LogP contribution in [-0.4, -0.2) is 23.5 Å². The number of fused-ring (bicyclic) bond motifs is 1. The molecule has 0 amide bonds. The van der Waals surface area contributed by atoms with Crippen molar-refractivity contribution in [2.24, 2.45) is 0 Å². The van der Waals surface area contributed by atoms with E-state index in [9.17, 15) is 0 Å². The molecular formula is C21H21ClN2S. The first-order valence-corrected chi connectivity index (χ1v) is 9.85. The fourth-order valence-electron chi connectivity index (χ4n) is 3.70. The molecule has 4 rings (SSSR count). The summed E-state index contributed by atoms with van der Waals surface area (Å²) < 4.78 is 0.887. The fourth-order valence-corrected chi connectivity index (χ4v) is 5.13. The minimum absolute atomic E-state index is 0.346. The summed E-state index contributed by atoms with van der Waals surface area (Å²) in [5.41, 5.74) is 6.50. The number of rotatable bonds is 3. The van der Waals surface area contributed by atoms with Crippen LogP contribution < -0.4 is 0 Å². The van der Waals surface area contributed by atoms with Gasteiger partial charge >= 0.3 is 0 Å². The molecule has 2 nitrogen and oxygen atoms in total. The molecule has 0 unspecified atom stereocenters. The van der Waals surface area contributed by atoms with E-state index in [0.29, 0.717) is 5.92 Å². The third-order valence-electron chi connectivity index (χ3n) is 4.95. The van der Waals surface area contributed by atoms with Gasteiger partial charge in [-0.05, 0) is 47.9 Å². The highest BCUT2D eigenvalue weighted by molar-refractivity contribution is 7.16. The van der Waals surface area contributed by atoms with E-state index in [4.69, 9.17) is 11.6 Å². The number of nitrogens with zero attached hydrogens (tertiary/aromatic N) is 2. The summed E-state index contributed by atoms with van der Waals surface area (Å²) in [7, 11) is 2.19. The molecule has 0 N–H and O–H groups in total. The number of hydrogen-bond donors (Lipinski definition) is 0. The minimum Gasteiger partial charge on any atom is -0.300 e. The average molecular weight is 369 g/mol. The van der Waals surface area contributed by atoms with Gasteiger partial charge in [0.2, 0.25) is 0 Å². The molecule has 0 fully saturated rings. The molecule has 25 heavy (non-hydrogen) atoms. The Hall–Kier alpha value is -1.68. The standard InChI is InChI=1S/C21H21ClN2S/c1-3-14-8-15(11-23-10-14)16-6-4-5-7-17(16)19-12-24(2)13-20-18(19)9-21(22)25-20/h4-11,19H,3,12-13H2,1-2H3/t19-/m0/s1. The number of thiophene rings is 1. The highest BCUT2D eigenvalue weighted by atomic mass is 35.5. The van der Waals surface area contributed by atoms with Crippen molar-refractivity contribution in [2.75, 3.05) is 13.6 Å². The molecule has 128 valence electrons. The summed E-state index contributed by atoms with van der Waals surface area (Å²) in [6.45, 7) is 4.17. The third kappa shape index (κ3) is 3.24. The van der Waals surface area contributed by atoms with Crippen molar-refractivity contribution in [3.63, 3.8) is 0 Å². The first-order chi connectivity index (χ1) is 12.2. The molecule has 0 radical (unpaired) electrons. The SMILES string of the molecule is CCc1cncc(-c2ccccc2[C@@H]2CN(C)Cc3sc(Cl)cc32)c1. The van der Waals surface area contributed by atoms with Crippen molar-refractivity contribution < 1.29 is 0 Å². The predicted octanol–water partition coefficient (Wildman–Crippen LogP) is 5.60. The number of aromatic nitrogens is 1. The van der Waals surface area contributed by atoms with Crippen LogP contribution in [0.1, 0.15) is 34.4 Å². The van der Waals surface area contributed by atoms with Gasteiger partial charge in [0.25, 0.3) is 0 Å². The van der Waals surface area contributed by atoms with E-state index in [1.807, 2.05) is 12.4 Å². The lowest BCUT2D eigenvalue weighted by atomic mass is 9.84. The monoisotopic (exact) mass is 368 g/mol. The molecule has 3 heterocycles. The van der Waals surface area contributed by atoms with Gasteiger partial charge in [-0.25, -0.2) is 0 Å². The zero-order valence-corrected chi connectivity index (χ0v) is 16.1. The maximum Gasteiger partial charge on any atom is 0.0934 e. The Kier molecular flexibility index (Phi) is 4.63. The lowest BCUT2D eigenvalue weighted by Crippen LogP contribution is -2.30. The lowest BCUT2D eigenvalue weighted by Gasteiger charge is -2.31. The Morgan fingerprint density at radius 2 is 2.04 bits per heavy atom. The van der Waals surface area contributed by atoms with Gasteiger partial charge in [0.1, 0.15) is 0 Å². The van der Waals surface area contributed by atoms with Gasteiger partial charge in [-0.1, -0.05) is 42.8 Å². The Labute approximate surface area is 158 Å². The van der Waals surface area contributed by atoms with Crippen molar-refractivity contribution in [2.45, 2.75) is 25.8 Å². The number of benzene rings is 1. The van der Waals surface area contributed by atoms with E-state index >= 15 is 0 Å². The lowest BCUT2D eigenvalue weighted by molar-refractivity contribution is 0.299. The van der Waals surface area contributed by atoms with Crippen LogP contribution in [0.15, 0.2) is 48.8 Å². The molecule has 1 atom stereocenters. The summed E-state index contributed by atoms with van der Waals surface area (Å²) in [6.07, 6.45) is 4.93. The Balaban J connectivity index is 1.84. The largest absolute Gasteiger partial charge is 0.300 e. The molecule has 4 heteroatoms. The van der Waals surface area contributed by atoms with Crippen LogP contribution in [0.4, 0.5) is 0 Å². The molecule has 1 aromatic carbocycles.